The van der Waals surface area contributed by atoms with Crippen LogP contribution in [0.25, 0.3) is 0 Å². The van der Waals surface area contributed by atoms with Crippen molar-refractivity contribution in [1.82, 2.24) is 9.80 Å². The van der Waals surface area contributed by atoms with Crippen LogP contribution in [0.4, 0.5) is 10.5 Å². The van der Waals surface area contributed by atoms with Crippen molar-refractivity contribution >= 4 is 23.6 Å². The highest BCUT2D eigenvalue weighted by Gasteiger charge is 2.37. The van der Waals surface area contributed by atoms with E-state index >= 15 is 0 Å². The maximum absolute atomic E-state index is 12.9. The molecule has 0 saturated carbocycles. The van der Waals surface area contributed by atoms with E-state index in [1.165, 1.54) is 16.0 Å². The van der Waals surface area contributed by atoms with Crippen molar-refractivity contribution in [1.29, 1.82) is 0 Å². The molecule has 3 aliphatic rings. The maximum atomic E-state index is 12.9. The highest BCUT2D eigenvalue weighted by atomic mass is 16.6. The second-order valence-corrected chi connectivity index (χ2v) is 10.3. The minimum atomic E-state index is -0.488. The summed E-state index contributed by atoms with van der Waals surface area (Å²) in [6.07, 6.45) is 2.66. The quantitative estimate of drug-likeness (QED) is 0.635. The van der Waals surface area contributed by atoms with Crippen molar-refractivity contribution in [3.63, 3.8) is 0 Å². The molecule has 1 fully saturated rings. The molecule has 7 nitrogen and oxygen atoms in total. The van der Waals surface area contributed by atoms with Crippen LogP contribution in [0.15, 0.2) is 42.5 Å². The van der Waals surface area contributed by atoms with Crippen molar-refractivity contribution in [2.45, 2.75) is 51.7 Å². The van der Waals surface area contributed by atoms with Gasteiger partial charge in [0.15, 0.2) is 0 Å². The van der Waals surface area contributed by atoms with Crippen molar-refractivity contribution in [3.8, 4) is 0 Å². The summed E-state index contributed by atoms with van der Waals surface area (Å²) in [4.78, 5) is 43.8. The van der Waals surface area contributed by atoms with Crippen molar-refractivity contribution in [2.24, 2.45) is 0 Å². The number of hydrogen-bond acceptors (Lipinski definition) is 5. The van der Waals surface area contributed by atoms with Crippen LogP contribution >= 0.6 is 0 Å². The average molecular weight is 462 g/mol. The maximum Gasteiger partial charge on any atom is 0.410 e. The highest BCUT2D eigenvalue weighted by Crippen LogP contribution is 2.33. The molecular formula is C27H31N3O4. The summed E-state index contributed by atoms with van der Waals surface area (Å²) in [5, 5.41) is 0. The first-order chi connectivity index (χ1) is 16.2. The normalized spacial score (nSPS) is 20.9. The third-order valence-corrected chi connectivity index (χ3v) is 6.93. The molecule has 3 amide bonds. The number of imide groups is 1. The van der Waals surface area contributed by atoms with Gasteiger partial charge in [0.2, 0.25) is 0 Å². The molecule has 34 heavy (non-hydrogen) atoms. The first-order valence-electron chi connectivity index (χ1n) is 12.0. The van der Waals surface area contributed by atoms with Gasteiger partial charge in [0.25, 0.3) is 11.8 Å². The number of amides is 3. The summed E-state index contributed by atoms with van der Waals surface area (Å²) in [6.45, 7) is 8.61. The summed E-state index contributed by atoms with van der Waals surface area (Å²) in [7, 11) is 0. The number of nitrogens with zero attached hydrogens (tertiary/aromatic N) is 3. The number of hydrogen-bond donors (Lipinski definition) is 0. The molecule has 1 saturated heterocycles. The summed E-state index contributed by atoms with van der Waals surface area (Å²) < 4.78 is 5.52. The molecule has 2 heterocycles. The van der Waals surface area contributed by atoms with E-state index in [1.807, 2.05) is 32.9 Å². The van der Waals surface area contributed by atoms with Gasteiger partial charge in [0.1, 0.15) is 5.60 Å². The fourth-order valence-electron chi connectivity index (χ4n) is 5.19. The number of piperazine rings is 1. The van der Waals surface area contributed by atoms with Crippen LogP contribution in [-0.4, -0.2) is 65.5 Å². The van der Waals surface area contributed by atoms with Crippen LogP contribution in [0.5, 0.6) is 0 Å². The van der Waals surface area contributed by atoms with Crippen molar-refractivity contribution in [2.75, 3.05) is 31.1 Å². The summed E-state index contributed by atoms with van der Waals surface area (Å²) in [6, 6.07) is 13.3. The number of anilines is 1. The number of fused-ring (bicyclic) bond motifs is 2. The molecule has 1 aliphatic carbocycles. The molecule has 0 spiro atoms. The Bertz CT molecular complexity index is 1110. The lowest BCUT2D eigenvalue weighted by Crippen LogP contribution is -2.53. The van der Waals surface area contributed by atoms with Crippen molar-refractivity contribution in [3.05, 3.63) is 64.7 Å². The molecule has 2 aliphatic heterocycles. The lowest BCUT2D eigenvalue weighted by atomic mass is 9.86. The van der Waals surface area contributed by atoms with Crippen molar-refractivity contribution < 1.29 is 19.1 Å². The van der Waals surface area contributed by atoms with E-state index in [9.17, 15) is 14.4 Å². The Labute approximate surface area is 200 Å². The van der Waals surface area contributed by atoms with Crippen LogP contribution in [-0.2, 0) is 17.6 Å². The van der Waals surface area contributed by atoms with E-state index < -0.39 is 5.60 Å². The van der Waals surface area contributed by atoms with Gasteiger partial charge in [-0.25, -0.2) is 9.69 Å². The van der Waals surface area contributed by atoms with Crippen LogP contribution in [0.2, 0.25) is 0 Å². The number of aryl methyl sites for hydroxylation is 1. The second kappa shape index (κ2) is 8.55. The third kappa shape index (κ3) is 4.20. The zero-order valence-corrected chi connectivity index (χ0v) is 20.0. The fourth-order valence-corrected chi connectivity index (χ4v) is 5.19. The lowest BCUT2D eigenvalue weighted by molar-refractivity contribution is 0.00956. The number of benzene rings is 2. The number of ether oxygens (including phenoxy) is 1. The SMILES string of the molecule is CC(C)(C)OC(=O)N1CCN(C2CCc3ccc(N4C(=O)c5ccccc5C4=O)cc3C2)CC1. The van der Waals surface area contributed by atoms with Gasteiger partial charge < -0.3 is 9.64 Å². The first-order valence-corrected chi connectivity index (χ1v) is 12.0. The predicted molar refractivity (Wildman–Crippen MR) is 129 cm³/mol. The largest absolute Gasteiger partial charge is 0.444 e. The third-order valence-electron chi connectivity index (χ3n) is 6.93. The van der Waals surface area contributed by atoms with E-state index in [0.717, 1.165) is 32.4 Å². The van der Waals surface area contributed by atoms with E-state index in [2.05, 4.69) is 11.0 Å². The molecule has 5 rings (SSSR count). The monoisotopic (exact) mass is 461 g/mol. The van der Waals surface area contributed by atoms with Crippen LogP contribution in [0.1, 0.15) is 59.0 Å². The van der Waals surface area contributed by atoms with E-state index in [-0.39, 0.29) is 17.9 Å². The number of carbonyl (C=O) groups excluding carboxylic acids is 3. The van der Waals surface area contributed by atoms with Gasteiger partial charge in [-0.05, 0) is 75.4 Å². The molecule has 1 atom stereocenters. The summed E-state index contributed by atoms with van der Waals surface area (Å²) in [5.74, 6) is -0.516. The molecule has 2 aromatic carbocycles. The minimum Gasteiger partial charge on any atom is -0.444 e. The molecule has 1 unspecified atom stereocenters. The Morgan fingerprint density at radius 3 is 2.18 bits per heavy atom. The molecule has 178 valence electrons. The number of carbonyl (C=O) groups is 3. The van der Waals surface area contributed by atoms with Crippen LogP contribution in [0, 0.1) is 0 Å². The van der Waals surface area contributed by atoms with Gasteiger partial charge in [-0.3, -0.25) is 14.5 Å². The molecule has 0 N–H and O–H groups in total. The Kier molecular flexibility index (Phi) is 5.68. The van der Waals surface area contributed by atoms with E-state index in [1.54, 1.807) is 29.2 Å². The molecule has 0 radical (unpaired) electrons. The summed E-state index contributed by atoms with van der Waals surface area (Å²) in [5.41, 5.74) is 3.56. The highest BCUT2D eigenvalue weighted by molar-refractivity contribution is 6.34. The van der Waals surface area contributed by atoms with E-state index in [0.29, 0.717) is 35.9 Å². The van der Waals surface area contributed by atoms with Gasteiger partial charge in [-0.15, -0.1) is 0 Å². The van der Waals surface area contributed by atoms with Gasteiger partial charge in [0, 0.05) is 32.2 Å². The van der Waals surface area contributed by atoms with Gasteiger partial charge in [-0.1, -0.05) is 18.2 Å². The predicted octanol–water partition coefficient (Wildman–Crippen LogP) is 3.90. The zero-order valence-electron chi connectivity index (χ0n) is 20.0. The molecule has 2 aromatic rings. The van der Waals surface area contributed by atoms with E-state index in [4.69, 9.17) is 4.74 Å². The lowest BCUT2D eigenvalue weighted by Gasteiger charge is -2.41. The Morgan fingerprint density at radius 2 is 1.56 bits per heavy atom. The van der Waals surface area contributed by atoms with Gasteiger partial charge in [-0.2, -0.15) is 0 Å². The van der Waals surface area contributed by atoms with Crippen LogP contribution < -0.4 is 4.90 Å². The van der Waals surface area contributed by atoms with Crippen LogP contribution in [0.3, 0.4) is 0 Å². The first kappa shape index (κ1) is 22.6. The molecular weight excluding hydrogens is 430 g/mol. The Balaban J connectivity index is 1.27. The Morgan fingerprint density at radius 1 is 0.912 bits per heavy atom. The molecule has 0 aromatic heterocycles. The molecule has 7 heteroatoms. The smallest absolute Gasteiger partial charge is 0.410 e. The average Bonchev–Trinajstić information content (AvgIpc) is 3.07. The second-order valence-electron chi connectivity index (χ2n) is 10.3. The fraction of sp³-hybridized carbons (Fsp3) is 0.444. The topological polar surface area (TPSA) is 70.2 Å². The minimum absolute atomic E-state index is 0.244. The summed E-state index contributed by atoms with van der Waals surface area (Å²) >= 11 is 0. The Hall–Kier alpha value is -3.19. The zero-order chi connectivity index (χ0) is 24.0. The number of rotatable bonds is 2. The molecule has 0 bridgehead atoms. The standard InChI is InChI=1S/C27H31N3O4/c1-27(2,3)34-26(33)29-14-12-28(13-15-29)20-10-8-18-9-11-21(17-19(18)16-20)30-24(31)22-6-4-5-7-23(22)25(30)32/h4-7,9,11,17,20H,8,10,12-16H2,1-3H3. The van der Waals surface area contributed by atoms with Gasteiger partial charge >= 0.3 is 6.09 Å². The van der Waals surface area contributed by atoms with Gasteiger partial charge in [0.05, 0.1) is 16.8 Å².